The van der Waals surface area contributed by atoms with Crippen molar-refractivity contribution in [2.24, 2.45) is 0 Å². The van der Waals surface area contributed by atoms with E-state index < -0.39 is 11.6 Å². The van der Waals surface area contributed by atoms with E-state index in [1.807, 2.05) is 0 Å². The van der Waals surface area contributed by atoms with Gasteiger partial charge in [0, 0.05) is 29.6 Å². The van der Waals surface area contributed by atoms with Crippen LogP contribution in [0.2, 0.25) is 0 Å². The fourth-order valence-corrected chi connectivity index (χ4v) is 1.63. The molecule has 2 aromatic rings. The number of pyridine rings is 1. The van der Waals surface area contributed by atoms with Crippen LogP contribution in [-0.2, 0) is 5.88 Å². The quantitative estimate of drug-likeness (QED) is 0.779. The van der Waals surface area contributed by atoms with Crippen LogP contribution in [0.1, 0.15) is 11.3 Å². The highest BCUT2D eigenvalue weighted by molar-refractivity contribution is 6.17. The van der Waals surface area contributed by atoms with Gasteiger partial charge >= 0.3 is 0 Å². The third kappa shape index (κ3) is 2.76. The molecule has 0 aliphatic carbocycles. The van der Waals surface area contributed by atoms with Crippen LogP contribution in [0.3, 0.4) is 0 Å². The fraction of sp³-hybridized carbons (Fsp3) is 0.154. The molecule has 0 amide bonds. The summed E-state index contributed by atoms with van der Waals surface area (Å²) in [6.45, 7) is 1.80. The van der Waals surface area contributed by atoms with Crippen LogP contribution >= 0.6 is 11.6 Å². The fourth-order valence-electron chi connectivity index (χ4n) is 1.43. The Hall–Kier alpha value is -1.68. The number of hydrogen-bond acceptors (Lipinski definition) is 2. The molecule has 1 aromatic heterocycles. The van der Waals surface area contributed by atoms with E-state index in [1.54, 1.807) is 19.2 Å². The molecule has 5 heteroatoms. The predicted octanol–water partition coefficient (Wildman–Crippen LogP) is 4.20. The molecule has 0 atom stereocenters. The molecule has 0 aliphatic rings. The van der Waals surface area contributed by atoms with Gasteiger partial charge in [0.25, 0.3) is 0 Å². The van der Waals surface area contributed by atoms with Crippen LogP contribution in [0.25, 0.3) is 0 Å². The van der Waals surface area contributed by atoms with Crippen molar-refractivity contribution in [1.29, 1.82) is 0 Å². The zero-order chi connectivity index (χ0) is 13.1. The first-order valence-electron chi connectivity index (χ1n) is 5.24. The molecule has 0 saturated carbocycles. The SMILES string of the molecule is Cc1cc(Oc2ccc(F)c(F)c2)c(CCl)cn1. The molecule has 1 aromatic carbocycles. The average Bonchev–Trinajstić information content (AvgIpc) is 2.34. The minimum absolute atomic E-state index is 0.214. The lowest BCUT2D eigenvalue weighted by Crippen LogP contribution is -1.94. The number of aromatic nitrogens is 1. The average molecular weight is 270 g/mol. The van der Waals surface area contributed by atoms with E-state index in [1.165, 1.54) is 6.07 Å². The van der Waals surface area contributed by atoms with Gasteiger partial charge in [0.1, 0.15) is 11.5 Å². The standard InChI is InChI=1S/C13H10ClF2NO/c1-8-4-13(9(6-14)7-17-8)18-10-2-3-11(15)12(16)5-10/h2-5,7H,6H2,1H3. The molecule has 94 valence electrons. The van der Waals surface area contributed by atoms with E-state index in [0.29, 0.717) is 11.3 Å². The molecule has 0 fully saturated rings. The molecule has 0 spiro atoms. The van der Waals surface area contributed by atoms with Crippen LogP contribution in [-0.4, -0.2) is 4.98 Å². The Balaban J connectivity index is 2.33. The summed E-state index contributed by atoms with van der Waals surface area (Å²) in [7, 11) is 0. The van der Waals surface area contributed by atoms with Crippen molar-refractivity contribution in [1.82, 2.24) is 4.98 Å². The number of halogens is 3. The number of alkyl halides is 1. The second kappa shape index (κ2) is 5.31. The lowest BCUT2D eigenvalue weighted by molar-refractivity contribution is 0.458. The topological polar surface area (TPSA) is 22.1 Å². The van der Waals surface area contributed by atoms with E-state index in [9.17, 15) is 8.78 Å². The van der Waals surface area contributed by atoms with Crippen LogP contribution in [0, 0.1) is 18.6 Å². The van der Waals surface area contributed by atoms with Crippen molar-refractivity contribution in [3.63, 3.8) is 0 Å². The Bertz CT molecular complexity index is 575. The molecule has 2 nitrogen and oxygen atoms in total. The van der Waals surface area contributed by atoms with Crippen LogP contribution < -0.4 is 4.74 Å². The Kier molecular flexibility index (Phi) is 3.77. The van der Waals surface area contributed by atoms with Gasteiger partial charge in [-0.1, -0.05) is 0 Å². The van der Waals surface area contributed by atoms with Gasteiger partial charge in [-0.3, -0.25) is 4.98 Å². The van der Waals surface area contributed by atoms with Gasteiger partial charge in [-0.15, -0.1) is 11.6 Å². The molecule has 1 heterocycles. The van der Waals surface area contributed by atoms with E-state index in [-0.39, 0.29) is 11.6 Å². The van der Waals surface area contributed by atoms with E-state index in [2.05, 4.69) is 4.98 Å². The first kappa shape index (κ1) is 12.8. The number of nitrogens with zero attached hydrogens (tertiary/aromatic N) is 1. The predicted molar refractivity (Wildman–Crippen MR) is 65.0 cm³/mol. The largest absolute Gasteiger partial charge is 0.457 e. The molecule has 0 aliphatic heterocycles. The van der Waals surface area contributed by atoms with Crippen molar-refractivity contribution >= 4 is 11.6 Å². The maximum atomic E-state index is 13.1. The molecular formula is C13H10ClF2NO. The normalized spacial score (nSPS) is 10.4. The highest BCUT2D eigenvalue weighted by Gasteiger charge is 2.08. The van der Waals surface area contributed by atoms with Crippen molar-refractivity contribution in [3.8, 4) is 11.5 Å². The van der Waals surface area contributed by atoms with Crippen molar-refractivity contribution in [2.45, 2.75) is 12.8 Å². The highest BCUT2D eigenvalue weighted by atomic mass is 35.5. The summed E-state index contributed by atoms with van der Waals surface area (Å²) in [5.74, 6) is -0.933. The van der Waals surface area contributed by atoms with Gasteiger partial charge in [0.2, 0.25) is 0 Å². The molecule has 0 bridgehead atoms. The summed E-state index contributed by atoms with van der Waals surface area (Å²) < 4.78 is 31.3. The van der Waals surface area contributed by atoms with E-state index in [0.717, 1.165) is 17.8 Å². The zero-order valence-electron chi connectivity index (χ0n) is 9.58. The first-order valence-corrected chi connectivity index (χ1v) is 5.78. The molecule has 0 N–H and O–H groups in total. The van der Waals surface area contributed by atoms with Crippen LogP contribution in [0.15, 0.2) is 30.5 Å². The van der Waals surface area contributed by atoms with Gasteiger partial charge in [-0.25, -0.2) is 8.78 Å². The number of rotatable bonds is 3. The number of hydrogen-bond donors (Lipinski definition) is 0. The summed E-state index contributed by atoms with van der Waals surface area (Å²) in [6, 6.07) is 5.05. The van der Waals surface area contributed by atoms with Crippen molar-refractivity contribution in [3.05, 3.63) is 53.4 Å². The second-order valence-corrected chi connectivity index (χ2v) is 4.01. The minimum Gasteiger partial charge on any atom is -0.457 e. The molecule has 0 saturated heterocycles. The van der Waals surface area contributed by atoms with Gasteiger partial charge in [0.05, 0.1) is 5.88 Å². The maximum Gasteiger partial charge on any atom is 0.162 e. The maximum absolute atomic E-state index is 13.1. The van der Waals surface area contributed by atoms with Crippen molar-refractivity contribution < 1.29 is 13.5 Å². The molecule has 2 rings (SSSR count). The van der Waals surface area contributed by atoms with Crippen LogP contribution in [0.4, 0.5) is 8.78 Å². The van der Waals surface area contributed by atoms with Crippen molar-refractivity contribution in [2.75, 3.05) is 0 Å². The lowest BCUT2D eigenvalue weighted by Gasteiger charge is -2.10. The Morgan fingerprint density at radius 3 is 2.67 bits per heavy atom. The van der Waals surface area contributed by atoms with Gasteiger partial charge in [0.15, 0.2) is 11.6 Å². The van der Waals surface area contributed by atoms with E-state index >= 15 is 0 Å². The molecule has 0 radical (unpaired) electrons. The van der Waals surface area contributed by atoms with E-state index in [4.69, 9.17) is 16.3 Å². The first-order chi connectivity index (χ1) is 8.60. The summed E-state index contributed by atoms with van der Waals surface area (Å²) in [4.78, 5) is 4.09. The lowest BCUT2D eigenvalue weighted by atomic mass is 10.2. The summed E-state index contributed by atoms with van der Waals surface area (Å²) >= 11 is 5.75. The summed E-state index contributed by atoms with van der Waals surface area (Å²) in [5, 5.41) is 0. The Morgan fingerprint density at radius 2 is 2.00 bits per heavy atom. The molecule has 0 unspecified atom stereocenters. The van der Waals surface area contributed by atoms with Gasteiger partial charge in [-0.05, 0) is 19.1 Å². The monoisotopic (exact) mass is 269 g/mol. The highest BCUT2D eigenvalue weighted by Crippen LogP contribution is 2.27. The smallest absolute Gasteiger partial charge is 0.162 e. The summed E-state index contributed by atoms with van der Waals surface area (Å²) in [6.07, 6.45) is 1.59. The van der Waals surface area contributed by atoms with Gasteiger partial charge in [-0.2, -0.15) is 0 Å². The number of aryl methyl sites for hydroxylation is 1. The molecular weight excluding hydrogens is 260 g/mol. The van der Waals surface area contributed by atoms with Crippen LogP contribution in [0.5, 0.6) is 11.5 Å². The second-order valence-electron chi connectivity index (χ2n) is 3.75. The summed E-state index contributed by atoms with van der Waals surface area (Å²) in [5.41, 5.74) is 1.44. The third-order valence-corrected chi connectivity index (χ3v) is 2.63. The zero-order valence-corrected chi connectivity index (χ0v) is 10.3. The van der Waals surface area contributed by atoms with Gasteiger partial charge < -0.3 is 4.74 Å². The molecule has 18 heavy (non-hydrogen) atoms. The Morgan fingerprint density at radius 1 is 1.22 bits per heavy atom. The third-order valence-electron chi connectivity index (χ3n) is 2.34. The number of benzene rings is 1. The Labute approximate surface area is 108 Å². The number of ether oxygens (including phenoxy) is 1. The minimum atomic E-state index is -0.953.